The van der Waals surface area contributed by atoms with Crippen molar-refractivity contribution in [3.8, 4) is 0 Å². The van der Waals surface area contributed by atoms with Crippen LogP contribution in [0.5, 0.6) is 0 Å². The average Bonchev–Trinajstić information content (AvgIpc) is 2.70. The van der Waals surface area contributed by atoms with Crippen molar-refractivity contribution in [2.24, 2.45) is 0 Å². The van der Waals surface area contributed by atoms with Crippen molar-refractivity contribution in [3.63, 3.8) is 0 Å². The molecule has 5 nitrogen and oxygen atoms in total. The van der Waals surface area contributed by atoms with Gasteiger partial charge in [0.1, 0.15) is 17.5 Å². The second-order valence-corrected chi connectivity index (χ2v) is 5.04. The van der Waals surface area contributed by atoms with E-state index < -0.39 is 0 Å². The number of ether oxygens (including phenoxy) is 1. The highest BCUT2D eigenvalue weighted by molar-refractivity contribution is 8.01. The molecule has 0 spiro atoms. The van der Waals surface area contributed by atoms with Crippen molar-refractivity contribution in [1.82, 2.24) is 15.0 Å². The Bertz CT molecular complexity index is 461. The summed E-state index contributed by atoms with van der Waals surface area (Å²) in [6.45, 7) is 0.358. The van der Waals surface area contributed by atoms with E-state index in [1.165, 1.54) is 11.8 Å². The molecule has 2 aromatic heterocycles. The third-order valence-electron chi connectivity index (χ3n) is 1.64. The van der Waals surface area contributed by atoms with E-state index in [9.17, 15) is 0 Å². The Labute approximate surface area is 101 Å². The molecule has 84 valence electrons. The fourth-order valence-electron chi connectivity index (χ4n) is 1.09. The summed E-state index contributed by atoms with van der Waals surface area (Å²) in [7, 11) is 1.60. The molecule has 0 fully saturated rings. The molecule has 0 aliphatic rings. The minimum atomic E-state index is 0.358. The highest BCUT2D eigenvalue weighted by atomic mass is 32.2. The minimum Gasteiger partial charge on any atom is -0.384 e. The summed E-state index contributed by atoms with van der Waals surface area (Å²) in [5.41, 5.74) is 5.68. The van der Waals surface area contributed by atoms with Gasteiger partial charge < -0.3 is 10.5 Å². The van der Waals surface area contributed by atoms with Gasteiger partial charge in [-0.3, -0.25) is 0 Å². The molecular weight excluding hydrogens is 244 g/mol. The number of aromatic nitrogens is 3. The van der Waals surface area contributed by atoms with Crippen LogP contribution in [0.3, 0.4) is 0 Å². The number of nitrogens with two attached hydrogens (primary N) is 1. The summed E-state index contributed by atoms with van der Waals surface area (Å²) in [5, 5.41) is 2.71. The highest BCUT2D eigenvalue weighted by Gasteiger charge is 2.05. The van der Waals surface area contributed by atoms with Crippen LogP contribution >= 0.6 is 23.1 Å². The first-order chi connectivity index (χ1) is 7.78. The third-order valence-corrected chi connectivity index (χ3v) is 3.45. The van der Waals surface area contributed by atoms with Gasteiger partial charge in [0.2, 0.25) is 0 Å². The van der Waals surface area contributed by atoms with E-state index in [0.29, 0.717) is 18.2 Å². The summed E-state index contributed by atoms with van der Waals surface area (Å²) >= 11 is 3.03. The lowest BCUT2D eigenvalue weighted by atomic mass is 10.5. The molecule has 2 heterocycles. The summed E-state index contributed by atoms with van der Waals surface area (Å²) in [4.78, 5) is 12.5. The van der Waals surface area contributed by atoms with Gasteiger partial charge in [0.05, 0.1) is 0 Å². The van der Waals surface area contributed by atoms with Crippen LogP contribution in [0.15, 0.2) is 27.0 Å². The minimum absolute atomic E-state index is 0.358. The Balaban J connectivity index is 2.20. The van der Waals surface area contributed by atoms with Gasteiger partial charge >= 0.3 is 0 Å². The second-order valence-electron chi connectivity index (χ2n) is 2.88. The molecule has 0 atom stereocenters. The Kier molecular flexibility index (Phi) is 3.70. The van der Waals surface area contributed by atoms with Crippen LogP contribution in [0.2, 0.25) is 0 Å². The maximum absolute atomic E-state index is 5.68. The van der Waals surface area contributed by atoms with Crippen molar-refractivity contribution < 1.29 is 4.74 Å². The van der Waals surface area contributed by atoms with Crippen LogP contribution in [0.4, 0.5) is 5.82 Å². The number of thiazole rings is 1. The molecule has 16 heavy (non-hydrogen) atoms. The second kappa shape index (κ2) is 5.24. The SMILES string of the molecule is COCc1nc(N)cc(Sc2nccs2)n1. The molecule has 0 saturated carbocycles. The third kappa shape index (κ3) is 2.91. The maximum Gasteiger partial charge on any atom is 0.157 e. The number of nitrogen functional groups attached to an aromatic ring is 1. The summed E-state index contributed by atoms with van der Waals surface area (Å²) < 4.78 is 5.90. The molecule has 2 N–H and O–H groups in total. The van der Waals surface area contributed by atoms with Crippen LogP contribution < -0.4 is 5.73 Å². The fourth-order valence-corrected chi connectivity index (χ4v) is 2.69. The Hall–Kier alpha value is -1.18. The smallest absolute Gasteiger partial charge is 0.157 e. The number of anilines is 1. The van der Waals surface area contributed by atoms with Gasteiger partial charge in [-0.15, -0.1) is 11.3 Å². The van der Waals surface area contributed by atoms with Crippen molar-refractivity contribution >= 4 is 28.9 Å². The molecule has 0 radical (unpaired) electrons. The van der Waals surface area contributed by atoms with E-state index in [4.69, 9.17) is 10.5 Å². The van der Waals surface area contributed by atoms with Gasteiger partial charge in [-0.05, 0) is 11.8 Å². The number of methoxy groups -OCH3 is 1. The quantitative estimate of drug-likeness (QED) is 0.839. The number of nitrogens with zero attached hydrogens (tertiary/aromatic N) is 3. The first-order valence-corrected chi connectivity index (χ1v) is 6.17. The van der Waals surface area contributed by atoms with E-state index in [2.05, 4.69) is 15.0 Å². The van der Waals surface area contributed by atoms with E-state index in [-0.39, 0.29) is 0 Å². The van der Waals surface area contributed by atoms with Crippen LogP contribution in [-0.4, -0.2) is 22.1 Å². The van der Waals surface area contributed by atoms with Crippen LogP contribution in [-0.2, 0) is 11.3 Å². The topological polar surface area (TPSA) is 73.9 Å². The van der Waals surface area contributed by atoms with E-state index >= 15 is 0 Å². The lowest BCUT2D eigenvalue weighted by Gasteiger charge is -2.03. The predicted octanol–water partition coefficient (Wildman–Crippen LogP) is 1.81. The lowest BCUT2D eigenvalue weighted by molar-refractivity contribution is 0.177. The number of rotatable bonds is 4. The molecule has 2 rings (SSSR count). The molecule has 0 unspecified atom stereocenters. The van der Waals surface area contributed by atoms with Gasteiger partial charge in [0, 0.05) is 24.8 Å². The van der Waals surface area contributed by atoms with Crippen molar-refractivity contribution in [2.75, 3.05) is 12.8 Å². The molecule has 0 saturated heterocycles. The predicted molar refractivity (Wildman–Crippen MR) is 63.4 cm³/mol. The van der Waals surface area contributed by atoms with Crippen molar-refractivity contribution in [2.45, 2.75) is 16.0 Å². The van der Waals surface area contributed by atoms with Crippen LogP contribution in [0.1, 0.15) is 5.82 Å². The molecule has 0 aromatic carbocycles. The molecular formula is C9H10N4OS2. The van der Waals surface area contributed by atoms with Gasteiger partial charge in [0.15, 0.2) is 10.2 Å². The number of hydrogen-bond donors (Lipinski definition) is 1. The summed E-state index contributed by atoms with van der Waals surface area (Å²) in [6.07, 6.45) is 1.76. The standard InChI is InChI=1S/C9H10N4OS2/c1-14-5-7-12-6(10)4-8(13-7)16-9-11-2-3-15-9/h2-4H,5H2,1H3,(H2,10,12,13). The molecule has 0 amide bonds. The lowest BCUT2D eigenvalue weighted by Crippen LogP contribution is -2.01. The fraction of sp³-hybridized carbons (Fsp3) is 0.222. The van der Waals surface area contributed by atoms with Gasteiger partial charge in [-0.25, -0.2) is 15.0 Å². The van der Waals surface area contributed by atoms with E-state index in [1.54, 1.807) is 30.7 Å². The Morgan fingerprint density at radius 2 is 2.38 bits per heavy atom. The largest absolute Gasteiger partial charge is 0.384 e. The van der Waals surface area contributed by atoms with E-state index in [0.717, 1.165) is 9.37 Å². The van der Waals surface area contributed by atoms with Gasteiger partial charge in [0.25, 0.3) is 0 Å². The van der Waals surface area contributed by atoms with Gasteiger partial charge in [-0.1, -0.05) is 0 Å². The summed E-state index contributed by atoms with van der Waals surface area (Å²) in [6, 6.07) is 1.73. The Morgan fingerprint density at radius 1 is 1.50 bits per heavy atom. The average molecular weight is 254 g/mol. The molecule has 0 aliphatic carbocycles. The zero-order chi connectivity index (χ0) is 11.4. The maximum atomic E-state index is 5.68. The summed E-state index contributed by atoms with van der Waals surface area (Å²) in [5.74, 6) is 1.03. The van der Waals surface area contributed by atoms with E-state index in [1.807, 2.05) is 5.38 Å². The zero-order valence-corrected chi connectivity index (χ0v) is 10.2. The van der Waals surface area contributed by atoms with Crippen LogP contribution in [0, 0.1) is 0 Å². The van der Waals surface area contributed by atoms with Crippen molar-refractivity contribution in [3.05, 3.63) is 23.5 Å². The van der Waals surface area contributed by atoms with Crippen molar-refractivity contribution in [1.29, 1.82) is 0 Å². The Morgan fingerprint density at radius 3 is 3.06 bits per heavy atom. The monoisotopic (exact) mass is 254 g/mol. The number of hydrogen-bond acceptors (Lipinski definition) is 7. The zero-order valence-electron chi connectivity index (χ0n) is 8.58. The van der Waals surface area contributed by atoms with Crippen LogP contribution in [0.25, 0.3) is 0 Å². The van der Waals surface area contributed by atoms with Gasteiger partial charge in [-0.2, -0.15) is 0 Å². The normalized spacial score (nSPS) is 10.6. The molecule has 7 heteroatoms. The highest BCUT2D eigenvalue weighted by Crippen LogP contribution is 2.28. The molecule has 0 bridgehead atoms. The molecule has 2 aromatic rings. The first-order valence-electron chi connectivity index (χ1n) is 4.47. The first kappa shape index (κ1) is 11.3. The molecule has 0 aliphatic heterocycles.